The molecule has 4 rings (SSSR count). The van der Waals surface area contributed by atoms with Crippen molar-refractivity contribution >= 4 is 17.8 Å². The summed E-state index contributed by atoms with van der Waals surface area (Å²) in [4.78, 5) is 40.0. The zero-order valence-corrected chi connectivity index (χ0v) is 17.9. The molecule has 2 aliphatic rings. The lowest BCUT2D eigenvalue weighted by molar-refractivity contribution is -0.192. The normalized spacial score (nSPS) is 21.2. The molecule has 10 heteroatoms. The molecule has 2 amide bonds. The Morgan fingerprint density at radius 3 is 2.45 bits per heavy atom. The first-order chi connectivity index (χ1) is 15.5. The van der Waals surface area contributed by atoms with Crippen molar-refractivity contribution in [1.82, 2.24) is 15.2 Å². The summed E-state index contributed by atoms with van der Waals surface area (Å²) in [5, 5.41) is 10.1. The molecule has 0 radical (unpaired) electrons. The van der Waals surface area contributed by atoms with E-state index in [2.05, 4.69) is 10.3 Å². The Morgan fingerprint density at radius 1 is 1.21 bits per heavy atom. The second kappa shape index (κ2) is 9.60. The number of carbonyl (C=O) groups excluding carboxylic acids is 2. The number of rotatable bonds is 4. The molecule has 1 saturated carbocycles. The fourth-order valence-corrected chi connectivity index (χ4v) is 3.93. The van der Waals surface area contributed by atoms with E-state index in [1.807, 2.05) is 48.2 Å². The maximum absolute atomic E-state index is 12.7. The van der Waals surface area contributed by atoms with Gasteiger partial charge in [0, 0.05) is 48.9 Å². The third-order valence-corrected chi connectivity index (χ3v) is 5.91. The van der Waals surface area contributed by atoms with Crippen LogP contribution in [-0.4, -0.2) is 52.0 Å². The van der Waals surface area contributed by atoms with Crippen molar-refractivity contribution < 1.29 is 32.7 Å². The van der Waals surface area contributed by atoms with E-state index in [1.54, 1.807) is 12.4 Å². The lowest BCUT2D eigenvalue weighted by Gasteiger charge is -2.17. The minimum Gasteiger partial charge on any atom is -0.475 e. The minimum atomic E-state index is -5.08. The molecule has 2 N–H and O–H groups in total. The van der Waals surface area contributed by atoms with Crippen molar-refractivity contribution in [3.8, 4) is 0 Å². The summed E-state index contributed by atoms with van der Waals surface area (Å²) in [5.41, 5.74) is 2.86. The lowest BCUT2D eigenvalue weighted by Crippen LogP contribution is -2.31. The van der Waals surface area contributed by atoms with Crippen LogP contribution in [0.2, 0.25) is 0 Å². The summed E-state index contributed by atoms with van der Waals surface area (Å²) in [6.45, 7) is 3.94. The van der Waals surface area contributed by atoms with Gasteiger partial charge in [-0.15, -0.1) is 0 Å². The molecule has 7 nitrogen and oxygen atoms in total. The first-order valence-electron chi connectivity index (χ1n) is 10.3. The number of alkyl halides is 3. The van der Waals surface area contributed by atoms with Gasteiger partial charge >= 0.3 is 12.1 Å². The van der Waals surface area contributed by atoms with Crippen LogP contribution in [0.15, 0.2) is 48.8 Å². The highest BCUT2D eigenvalue weighted by atomic mass is 19.4. The van der Waals surface area contributed by atoms with Gasteiger partial charge < -0.3 is 15.3 Å². The lowest BCUT2D eigenvalue weighted by atomic mass is 10.0. The van der Waals surface area contributed by atoms with Crippen LogP contribution in [-0.2, 0) is 16.1 Å². The van der Waals surface area contributed by atoms with Gasteiger partial charge in [-0.3, -0.25) is 14.6 Å². The number of carboxylic acid groups (broad SMARTS) is 1. The maximum Gasteiger partial charge on any atom is 0.490 e. The van der Waals surface area contributed by atoms with E-state index in [0.29, 0.717) is 13.1 Å². The molecule has 2 atom stereocenters. The maximum atomic E-state index is 12.7. The molecular formula is C23H24F3N3O4. The number of carboxylic acids is 1. The van der Waals surface area contributed by atoms with Crippen molar-refractivity contribution in [1.29, 1.82) is 0 Å². The third kappa shape index (κ3) is 6.09. The number of halogens is 3. The van der Waals surface area contributed by atoms with E-state index in [9.17, 15) is 22.8 Å². The first kappa shape index (κ1) is 24.2. The van der Waals surface area contributed by atoms with Crippen LogP contribution in [0, 0.1) is 18.3 Å². The predicted octanol–water partition coefficient (Wildman–Crippen LogP) is 3.19. The molecule has 2 unspecified atom stereocenters. The Labute approximate surface area is 188 Å². The van der Waals surface area contributed by atoms with Gasteiger partial charge in [0.25, 0.3) is 5.91 Å². The summed E-state index contributed by atoms with van der Waals surface area (Å²) < 4.78 is 31.7. The number of nitrogens with one attached hydrogen (secondary N) is 1. The Bertz CT molecular complexity index is 1010. The molecule has 2 fully saturated rings. The third-order valence-electron chi connectivity index (χ3n) is 5.91. The number of likely N-dealkylation sites (tertiary alicyclic amines) is 1. The number of aryl methyl sites for hydroxylation is 1. The highest BCUT2D eigenvalue weighted by molar-refractivity contribution is 5.94. The van der Waals surface area contributed by atoms with Gasteiger partial charge in [0.2, 0.25) is 5.91 Å². The van der Waals surface area contributed by atoms with Gasteiger partial charge in [-0.25, -0.2) is 4.79 Å². The number of hydrogen-bond donors (Lipinski definition) is 2. The van der Waals surface area contributed by atoms with Crippen LogP contribution >= 0.6 is 0 Å². The minimum absolute atomic E-state index is 0.0145. The fraction of sp³-hybridized carbons (Fsp3) is 0.391. The zero-order chi connectivity index (χ0) is 24.2. The molecule has 33 heavy (non-hydrogen) atoms. The SMILES string of the molecule is Cc1ccc(C(=O)N2CCC3(CC3C(=O)NCc3cccnc3)C2)cc1.O=C(O)C(F)(F)F. The summed E-state index contributed by atoms with van der Waals surface area (Å²) >= 11 is 0. The molecule has 176 valence electrons. The van der Waals surface area contributed by atoms with Crippen LogP contribution in [0.25, 0.3) is 0 Å². The van der Waals surface area contributed by atoms with Crippen LogP contribution in [0.3, 0.4) is 0 Å². The molecule has 1 aromatic carbocycles. The average molecular weight is 463 g/mol. The molecule has 2 heterocycles. The van der Waals surface area contributed by atoms with Gasteiger partial charge in [0.15, 0.2) is 0 Å². The van der Waals surface area contributed by atoms with Gasteiger partial charge in [-0.2, -0.15) is 13.2 Å². The number of amides is 2. The summed E-state index contributed by atoms with van der Waals surface area (Å²) in [7, 11) is 0. The quantitative estimate of drug-likeness (QED) is 0.726. The van der Waals surface area contributed by atoms with Crippen molar-refractivity contribution in [2.45, 2.75) is 32.5 Å². The standard InChI is InChI=1S/C21H23N3O2.C2HF3O2/c1-15-4-6-17(7-5-15)20(26)24-10-8-21(14-24)11-18(21)19(25)23-13-16-3-2-9-22-12-16;3-2(4,5)1(6)7/h2-7,9,12,18H,8,10-11,13-14H2,1H3,(H,23,25);(H,6,7). The van der Waals surface area contributed by atoms with E-state index < -0.39 is 12.1 Å². The fourth-order valence-electron chi connectivity index (χ4n) is 3.93. The monoisotopic (exact) mass is 463 g/mol. The Balaban J connectivity index is 0.000000383. The molecular weight excluding hydrogens is 439 g/mol. The van der Waals surface area contributed by atoms with Crippen molar-refractivity contribution in [3.63, 3.8) is 0 Å². The van der Waals surface area contributed by atoms with E-state index in [0.717, 1.165) is 36.1 Å². The average Bonchev–Trinajstić information content (AvgIpc) is 3.32. The van der Waals surface area contributed by atoms with E-state index in [-0.39, 0.29) is 23.1 Å². The van der Waals surface area contributed by atoms with Gasteiger partial charge in [0.05, 0.1) is 0 Å². The Hall–Kier alpha value is -3.43. The molecule has 0 bridgehead atoms. The summed E-state index contributed by atoms with van der Waals surface area (Å²) in [5.74, 6) is -2.57. The van der Waals surface area contributed by atoms with Gasteiger partial charge in [0.1, 0.15) is 0 Å². The number of pyridine rings is 1. The smallest absolute Gasteiger partial charge is 0.475 e. The molecule has 1 aliphatic carbocycles. The van der Waals surface area contributed by atoms with Crippen LogP contribution < -0.4 is 5.32 Å². The number of benzene rings is 1. The first-order valence-corrected chi connectivity index (χ1v) is 10.3. The Morgan fingerprint density at radius 2 is 1.88 bits per heavy atom. The van der Waals surface area contributed by atoms with E-state index >= 15 is 0 Å². The number of aliphatic carboxylic acids is 1. The van der Waals surface area contributed by atoms with Crippen LogP contribution in [0.5, 0.6) is 0 Å². The molecule has 1 saturated heterocycles. The topological polar surface area (TPSA) is 99.6 Å². The van der Waals surface area contributed by atoms with Gasteiger partial charge in [-0.1, -0.05) is 23.8 Å². The number of aromatic nitrogens is 1. The van der Waals surface area contributed by atoms with E-state index in [1.165, 1.54) is 0 Å². The molecule has 1 aromatic heterocycles. The number of carbonyl (C=O) groups is 3. The molecule has 2 aromatic rings. The van der Waals surface area contributed by atoms with Crippen molar-refractivity contribution in [2.24, 2.45) is 11.3 Å². The Kier molecular flexibility index (Phi) is 7.04. The van der Waals surface area contributed by atoms with Crippen LogP contribution in [0.4, 0.5) is 13.2 Å². The van der Waals surface area contributed by atoms with Gasteiger partial charge in [-0.05, 0) is 43.5 Å². The predicted molar refractivity (Wildman–Crippen MR) is 112 cm³/mol. The zero-order valence-electron chi connectivity index (χ0n) is 17.9. The number of hydrogen-bond acceptors (Lipinski definition) is 4. The van der Waals surface area contributed by atoms with Crippen molar-refractivity contribution in [2.75, 3.05) is 13.1 Å². The van der Waals surface area contributed by atoms with E-state index in [4.69, 9.17) is 9.90 Å². The molecule has 1 aliphatic heterocycles. The summed E-state index contributed by atoms with van der Waals surface area (Å²) in [6, 6.07) is 11.5. The highest BCUT2D eigenvalue weighted by Gasteiger charge is 2.61. The highest BCUT2D eigenvalue weighted by Crippen LogP contribution is 2.58. The van der Waals surface area contributed by atoms with Crippen molar-refractivity contribution in [3.05, 3.63) is 65.5 Å². The molecule has 1 spiro atoms. The summed E-state index contributed by atoms with van der Waals surface area (Å²) in [6.07, 6.45) is 0.193. The second-order valence-corrected chi connectivity index (χ2v) is 8.34. The van der Waals surface area contributed by atoms with Crippen LogP contribution in [0.1, 0.15) is 34.3 Å². The number of nitrogens with zero attached hydrogens (tertiary/aromatic N) is 2. The largest absolute Gasteiger partial charge is 0.490 e. The second-order valence-electron chi connectivity index (χ2n) is 8.34.